The lowest BCUT2D eigenvalue weighted by atomic mass is 9.44. The lowest BCUT2D eigenvalue weighted by Gasteiger charge is -2.62. The fourth-order valence-electron chi connectivity index (χ4n) is 8.14. The van der Waals surface area contributed by atoms with Gasteiger partial charge in [0.15, 0.2) is 17.1 Å². The lowest BCUT2D eigenvalue weighted by molar-refractivity contribution is -0.904. The molecular weight excluding hydrogens is 483 g/mol. The highest BCUT2D eigenvalue weighted by molar-refractivity contribution is 6.01. The van der Waals surface area contributed by atoms with Crippen LogP contribution in [0.15, 0.2) is 23.8 Å². The Balaban J connectivity index is 0.00000361. The summed E-state index contributed by atoms with van der Waals surface area (Å²) in [7, 11) is 2.15. The molecule has 0 bridgehead atoms. The zero-order valence-electron chi connectivity index (χ0n) is 22.6. The van der Waals surface area contributed by atoms with Crippen LogP contribution in [0.2, 0.25) is 0 Å². The molecule has 1 amide bonds. The average Bonchev–Trinajstić information content (AvgIpc) is 3.01. The van der Waals surface area contributed by atoms with E-state index in [-0.39, 0.29) is 36.4 Å². The number of hydrogen-bond donors (Lipinski definition) is 3. The monoisotopic (exact) mass is 526 g/mol. The molecule has 204 valence electrons. The molecule has 3 saturated carbocycles. The Morgan fingerprint density at radius 1 is 1.25 bits per heavy atom. The first-order valence-corrected chi connectivity index (χ1v) is 13.4. The van der Waals surface area contributed by atoms with Crippen molar-refractivity contribution in [2.75, 3.05) is 33.2 Å². The predicted molar refractivity (Wildman–Crippen MR) is 133 cm³/mol. The second-order valence-corrected chi connectivity index (χ2v) is 12.4. The van der Waals surface area contributed by atoms with E-state index in [1.165, 1.54) is 12.2 Å². The molecule has 4 aliphatic carbocycles. The highest BCUT2D eigenvalue weighted by Crippen LogP contribution is 2.70. The fourth-order valence-corrected chi connectivity index (χ4v) is 8.14. The summed E-state index contributed by atoms with van der Waals surface area (Å²) in [5, 5.41) is 26.4. The smallest absolute Gasteiger partial charge is 0.253 e. The van der Waals surface area contributed by atoms with Gasteiger partial charge in [-0.15, -0.1) is 0 Å². The number of amides is 1. The molecule has 3 fully saturated rings. The number of alkyl halides is 1. The third-order valence-corrected chi connectivity index (χ3v) is 11.0. The number of carbonyl (C=O) groups is 2. The number of ketones is 1. The molecule has 0 aromatic carbocycles. The largest absolute Gasteiger partial charge is 1.00 e. The van der Waals surface area contributed by atoms with Gasteiger partial charge < -0.3 is 32.4 Å². The van der Waals surface area contributed by atoms with Crippen molar-refractivity contribution in [2.45, 2.75) is 77.7 Å². The highest BCUT2D eigenvalue weighted by atomic mass is 35.5. The number of aliphatic hydroxyl groups excluding tert-OH is 1. The van der Waals surface area contributed by atoms with E-state index in [9.17, 15) is 19.8 Å². The molecule has 0 aromatic rings. The van der Waals surface area contributed by atoms with Gasteiger partial charge in [0.05, 0.1) is 39.3 Å². The number of quaternary nitrogens is 1. The third-order valence-electron chi connectivity index (χ3n) is 11.0. The van der Waals surface area contributed by atoms with Crippen LogP contribution in [-0.4, -0.2) is 77.0 Å². The van der Waals surface area contributed by atoms with Gasteiger partial charge >= 0.3 is 0 Å². The van der Waals surface area contributed by atoms with Gasteiger partial charge in [0.25, 0.3) is 5.91 Å². The Bertz CT molecular complexity index is 967. The van der Waals surface area contributed by atoms with Gasteiger partial charge in [0, 0.05) is 16.7 Å². The Morgan fingerprint density at radius 3 is 2.50 bits per heavy atom. The van der Waals surface area contributed by atoms with Crippen molar-refractivity contribution in [3.05, 3.63) is 23.8 Å². The highest BCUT2D eigenvalue weighted by Gasteiger charge is 2.75. The van der Waals surface area contributed by atoms with E-state index in [2.05, 4.69) is 26.2 Å². The average molecular weight is 527 g/mol. The standard InChI is InChI=1S/C28H43FN2O4.ClH/c1-7-31(6,8-2)14-13-30-24(34)28(35)18(3)15-22-21-10-9-19-16-20(32)11-12-25(19,4)27(21,29)23(33)17-26(22,28)5;/h11-12,16,18,21-23,33,35H,7-10,13-15,17H2,1-6H3;1H/t18-,21+,22+,23+,25+,26+,27+,28+;/m1./s1. The molecule has 0 spiro atoms. The number of fused-ring (bicyclic) bond motifs is 5. The summed E-state index contributed by atoms with van der Waals surface area (Å²) in [5.74, 6) is -1.67. The minimum absolute atomic E-state index is 0. The predicted octanol–water partition coefficient (Wildman–Crippen LogP) is -0.0591. The van der Waals surface area contributed by atoms with Gasteiger partial charge in [-0.25, -0.2) is 4.39 Å². The molecule has 8 atom stereocenters. The number of aliphatic hydroxyl groups is 2. The van der Waals surface area contributed by atoms with E-state index in [0.717, 1.165) is 29.7 Å². The number of carbonyl (C=O) groups excluding carboxylic acids is 2. The van der Waals surface area contributed by atoms with Crippen molar-refractivity contribution in [3.63, 3.8) is 0 Å². The quantitative estimate of drug-likeness (QED) is 0.423. The van der Waals surface area contributed by atoms with E-state index < -0.39 is 40.0 Å². The number of nitrogens with zero attached hydrogens (tertiary/aromatic N) is 1. The van der Waals surface area contributed by atoms with Crippen molar-refractivity contribution in [1.29, 1.82) is 0 Å². The van der Waals surface area contributed by atoms with Gasteiger partial charge in [0.2, 0.25) is 0 Å². The Kier molecular flexibility index (Phi) is 7.71. The molecule has 8 heteroatoms. The normalized spacial score (nSPS) is 43.6. The molecule has 6 nitrogen and oxygen atoms in total. The molecule has 0 aromatic heterocycles. The maximum atomic E-state index is 17.2. The van der Waals surface area contributed by atoms with E-state index in [1.807, 2.05) is 13.8 Å². The minimum atomic E-state index is -1.96. The van der Waals surface area contributed by atoms with Gasteiger partial charge in [-0.1, -0.05) is 25.5 Å². The molecule has 0 unspecified atom stereocenters. The van der Waals surface area contributed by atoms with Crippen LogP contribution >= 0.6 is 0 Å². The summed E-state index contributed by atoms with van der Waals surface area (Å²) in [6.45, 7) is 12.9. The maximum absolute atomic E-state index is 17.2. The fraction of sp³-hybridized carbons (Fsp3) is 0.786. The molecular formula is C28H44ClFN2O4. The summed E-state index contributed by atoms with van der Waals surface area (Å²) in [4.78, 5) is 25.6. The summed E-state index contributed by atoms with van der Waals surface area (Å²) < 4.78 is 18.0. The topological polar surface area (TPSA) is 86.6 Å². The first-order chi connectivity index (χ1) is 16.2. The van der Waals surface area contributed by atoms with Gasteiger partial charge in [-0.05, 0) is 70.4 Å². The van der Waals surface area contributed by atoms with Crippen molar-refractivity contribution in [3.8, 4) is 0 Å². The maximum Gasteiger partial charge on any atom is 0.253 e. The Labute approximate surface area is 221 Å². The zero-order valence-corrected chi connectivity index (χ0v) is 23.4. The van der Waals surface area contributed by atoms with Gasteiger partial charge in [-0.2, -0.15) is 0 Å². The number of halogens is 2. The molecule has 0 radical (unpaired) electrons. The number of allylic oxidation sites excluding steroid dienone is 4. The van der Waals surface area contributed by atoms with Crippen LogP contribution in [0, 0.1) is 28.6 Å². The summed E-state index contributed by atoms with van der Waals surface area (Å²) in [6.07, 6.45) is 4.81. The molecule has 3 N–H and O–H groups in total. The second-order valence-electron chi connectivity index (χ2n) is 12.4. The van der Waals surface area contributed by atoms with Crippen LogP contribution in [0.1, 0.15) is 60.3 Å². The summed E-state index contributed by atoms with van der Waals surface area (Å²) in [6, 6.07) is 0. The molecule has 0 saturated heterocycles. The molecule has 4 rings (SSSR count). The number of likely N-dealkylation sites (N-methyl/N-ethyl adjacent to an activating group) is 1. The number of rotatable bonds is 6. The van der Waals surface area contributed by atoms with E-state index in [4.69, 9.17) is 0 Å². The van der Waals surface area contributed by atoms with Crippen molar-refractivity contribution in [1.82, 2.24) is 5.32 Å². The SMILES string of the molecule is CC[N+](C)(CC)CCNC(=O)[C@@]1(O)[C@H](C)C[C@H]2[C@@H]3CCC4=CC(=O)C=C[C@]4(C)[C@@]3(F)[C@@H](O)C[C@@]21C.[Cl-]. The first kappa shape index (κ1) is 29.3. The summed E-state index contributed by atoms with van der Waals surface area (Å²) in [5.41, 5.74) is -4.92. The van der Waals surface area contributed by atoms with Crippen molar-refractivity contribution >= 4 is 11.7 Å². The first-order valence-electron chi connectivity index (χ1n) is 13.4. The molecule has 4 aliphatic rings. The zero-order chi connectivity index (χ0) is 26.0. The van der Waals surface area contributed by atoms with Crippen LogP contribution < -0.4 is 17.7 Å². The minimum Gasteiger partial charge on any atom is -1.00 e. The third kappa shape index (κ3) is 3.75. The van der Waals surface area contributed by atoms with Crippen LogP contribution in [0.25, 0.3) is 0 Å². The van der Waals surface area contributed by atoms with Crippen molar-refractivity contribution in [2.24, 2.45) is 28.6 Å². The van der Waals surface area contributed by atoms with E-state index in [1.54, 1.807) is 13.0 Å². The second kappa shape index (κ2) is 9.48. The summed E-state index contributed by atoms with van der Waals surface area (Å²) >= 11 is 0. The van der Waals surface area contributed by atoms with Crippen LogP contribution in [-0.2, 0) is 9.59 Å². The Morgan fingerprint density at radius 2 is 1.89 bits per heavy atom. The van der Waals surface area contributed by atoms with Crippen LogP contribution in [0.3, 0.4) is 0 Å². The van der Waals surface area contributed by atoms with Gasteiger partial charge in [-0.3, -0.25) is 9.59 Å². The van der Waals surface area contributed by atoms with E-state index >= 15 is 4.39 Å². The van der Waals surface area contributed by atoms with Crippen molar-refractivity contribution < 1.29 is 41.1 Å². The molecule has 0 heterocycles. The number of nitrogens with one attached hydrogen (secondary N) is 1. The van der Waals surface area contributed by atoms with Gasteiger partial charge in [0.1, 0.15) is 0 Å². The van der Waals surface area contributed by atoms with E-state index in [0.29, 0.717) is 25.8 Å². The number of hydrogen-bond acceptors (Lipinski definition) is 4. The lowest BCUT2D eigenvalue weighted by Crippen LogP contribution is -3.00. The van der Waals surface area contributed by atoms with Crippen LogP contribution in [0.5, 0.6) is 0 Å². The molecule has 0 aliphatic heterocycles. The molecule has 36 heavy (non-hydrogen) atoms. The Hall–Kier alpha value is -1.28. The van der Waals surface area contributed by atoms with Crippen LogP contribution in [0.4, 0.5) is 4.39 Å².